The number of para-hydroxylation sites is 1. The lowest BCUT2D eigenvalue weighted by Gasteiger charge is -2.21. The number of tetrazole rings is 1. The van der Waals surface area contributed by atoms with Gasteiger partial charge in [-0.2, -0.15) is 5.21 Å². The van der Waals surface area contributed by atoms with Crippen LogP contribution in [-0.2, 0) is 0 Å². The van der Waals surface area contributed by atoms with Gasteiger partial charge in [0.05, 0.1) is 39.1 Å². The number of nitrogens with one attached hydrogen (secondary N) is 2. The molecule has 0 spiro atoms. The van der Waals surface area contributed by atoms with Gasteiger partial charge in [0.15, 0.2) is 11.4 Å². The van der Waals surface area contributed by atoms with Gasteiger partial charge in [-0.1, -0.05) is 36.4 Å². The van der Waals surface area contributed by atoms with E-state index in [9.17, 15) is 9.90 Å². The van der Waals surface area contributed by atoms with E-state index in [1.54, 1.807) is 25.1 Å². The Morgan fingerprint density at radius 1 is 0.929 bits per heavy atom. The summed E-state index contributed by atoms with van der Waals surface area (Å²) < 4.78 is 2.28. The number of benzene rings is 3. The van der Waals surface area contributed by atoms with Crippen LogP contribution in [0.3, 0.4) is 0 Å². The van der Waals surface area contributed by atoms with Gasteiger partial charge in [-0.3, -0.25) is 9.89 Å². The molecule has 12 nitrogen and oxygen atoms in total. The maximum Gasteiger partial charge on any atom is 0.299 e. The van der Waals surface area contributed by atoms with Crippen LogP contribution in [0.4, 0.5) is 11.4 Å². The number of aromatic nitrogens is 6. The topological polar surface area (TPSA) is 157 Å². The fourth-order valence-electron chi connectivity index (χ4n) is 4.06. The molecule has 0 aliphatic heterocycles. The van der Waals surface area contributed by atoms with Crippen LogP contribution in [0.2, 0.25) is 0 Å². The molecule has 12 heteroatoms. The molecule has 0 amide bonds. The summed E-state index contributed by atoms with van der Waals surface area (Å²) in [5, 5.41) is 44.8. The molecule has 0 bridgehead atoms. The zero-order chi connectivity index (χ0) is 30.4. The molecular weight excluding hydrogens is 534 g/mol. The first-order valence-corrected chi connectivity index (χ1v) is 13.4. The van der Waals surface area contributed by atoms with Gasteiger partial charge in [0, 0.05) is 11.1 Å². The van der Waals surface area contributed by atoms with Crippen molar-refractivity contribution in [3.8, 4) is 34.0 Å². The number of H-pyrrole nitrogens is 2. The number of aliphatic hydroxyl groups is 1. The molecule has 5 rings (SSSR count). The Morgan fingerprint density at radius 3 is 2.31 bits per heavy atom. The molecule has 218 valence electrons. The van der Waals surface area contributed by atoms with Crippen molar-refractivity contribution in [1.29, 1.82) is 0 Å². The number of hydrogen-bond donors (Lipinski definition) is 4. The Morgan fingerprint density at radius 2 is 1.67 bits per heavy atom. The minimum Gasteiger partial charge on any atom is -0.505 e. The number of phenolic OH excluding ortho intramolecular Hbond substituents is 1. The second-order valence-electron chi connectivity index (χ2n) is 10.9. The molecule has 3 aromatic carbocycles. The molecule has 0 radical (unpaired) electrons. The van der Waals surface area contributed by atoms with E-state index in [1.165, 1.54) is 4.68 Å². The van der Waals surface area contributed by atoms with E-state index in [0.717, 1.165) is 33.3 Å². The smallest absolute Gasteiger partial charge is 0.299 e. The lowest BCUT2D eigenvalue weighted by Crippen LogP contribution is -2.36. The first-order valence-electron chi connectivity index (χ1n) is 13.4. The largest absolute Gasteiger partial charge is 0.505 e. The highest BCUT2D eigenvalue weighted by atomic mass is 16.3. The van der Waals surface area contributed by atoms with Crippen LogP contribution in [0, 0.1) is 20.8 Å². The maximum atomic E-state index is 13.0. The number of nitrogens with zero attached hydrogens (tertiary/aromatic N) is 7. The highest BCUT2D eigenvalue weighted by molar-refractivity contribution is 5.78. The van der Waals surface area contributed by atoms with E-state index in [4.69, 9.17) is 5.11 Å². The summed E-state index contributed by atoms with van der Waals surface area (Å²) in [4.78, 5) is 13.0. The van der Waals surface area contributed by atoms with Crippen molar-refractivity contribution < 1.29 is 14.7 Å². The minimum absolute atomic E-state index is 0.0517. The summed E-state index contributed by atoms with van der Waals surface area (Å²) in [6, 6.07) is 18.3. The summed E-state index contributed by atoms with van der Waals surface area (Å²) in [6.07, 6.45) is 0. The number of aryl methyl sites for hydroxylation is 3. The Hall–Kier alpha value is -4.94. The average Bonchev–Trinajstić information content (AvgIpc) is 3.58. The Labute approximate surface area is 243 Å². The van der Waals surface area contributed by atoms with Crippen LogP contribution >= 0.6 is 0 Å². The second-order valence-corrected chi connectivity index (χ2v) is 10.9. The Kier molecular flexibility index (Phi) is 9.09. The molecule has 5 aromatic rings. The lowest BCUT2D eigenvalue weighted by molar-refractivity contribution is -0.870. The molecule has 0 aliphatic carbocycles. The number of phenols is 1. The van der Waals surface area contributed by atoms with Gasteiger partial charge in [0.2, 0.25) is 5.82 Å². The van der Waals surface area contributed by atoms with Crippen LogP contribution in [0.1, 0.15) is 16.8 Å². The zero-order valence-electron chi connectivity index (χ0n) is 24.6. The van der Waals surface area contributed by atoms with Gasteiger partial charge < -0.3 is 14.7 Å². The van der Waals surface area contributed by atoms with Gasteiger partial charge in [-0.05, 0) is 66.9 Å². The molecule has 0 saturated carbocycles. The van der Waals surface area contributed by atoms with E-state index in [1.807, 2.05) is 56.3 Å². The van der Waals surface area contributed by atoms with E-state index in [0.29, 0.717) is 22.8 Å². The van der Waals surface area contributed by atoms with Crippen LogP contribution in [0.25, 0.3) is 28.2 Å². The first kappa shape index (κ1) is 30.0. The maximum absolute atomic E-state index is 13.0. The molecule has 2 heterocycles. The Balaban J connectivity index is 0.000000517. The quantitative estimate of drug-likeness (QED) is 0.163. The van der Waals surface area contributed by atoms with Gasteiger partial charge in [0.1, 0.15) is 12.2 Å². The highest BCUT2D eigenvalue weighted by Gasteiger charge is 2.15. The van der Waals surface area contributed by atoms with Gasteiger partial charge in [0.25, 0.3) is 5.56 Å². The van der Waals surface area contributed by atoms with Crippen molar-refractivity contribution >= 4 is 11.4 Å². The fourth-order valence-corrected chi connectivity index (χ4v) is 4.06. The first-order chi connectivity index (χ1) is 20.0. The van der Waals surface area contributed by atoms with Crippen molar-refractivity contribution in [2.45, 2.75) is 20.8 Å². The third-order valence-electron chi connectivity index (χ3n) is 6.61. The summed E-state index contributed by atoms with van der Waals surface area (Å²) in [5.41, 5.74) is 5.65. The summed E-state index contributed by atoms with van der Waals surface area (Å²) in [6.45, 7) is 6.88. The number of hydrogen-bond acceptors (Lipinski definition) is 8. The number of likely N-dealkylation sites (N-methyl/N-ethyl adjacent to an activating group) is 1. The minimum atomic E-state index is -0.321. The average molecular weight is 571 g/mol. The number of rotatable bonds is 7. The molecule has 4 N–H and O–H groups in total. The highest BCUT2D eigenvalue weighted by Crippen LogP contribution is 2.38. The van der Waals surface area contributed by atoms with Crippen molar-refractivity contribution in [3.63, 3.8) is 0 Å². The van der Waals surface area contributed by atoms with Crippen molar-refractivity contribution in [2.24, 2.45) is 10.2 Å². The third kappa shape index (κ3) is 7.03. The SMILES string of the molecule is C[N+](C)(C)CCO.Cc1ccc(-n2[nH]c(C)c(N=Nc3cccc(-c4cccc(-c5nn[nH]n5)c4)c3O)c2=O)cc1C. The van der Waals surface area contributed by atoms with E-state index < -0.39 is 0 Å². The molecule has 0 fully saturated rings. The van der Waals surface area contributed by atoms with Gasteiger partial charge in [-0.15, -0.1) is 20.4 Å². The molecule has 0 saturated heterocycles. The van der Waals surface area contributed by atoms with Crippen LogP contribution < -0.4 is 5.56 Å². The van der Waals surface area contributed by atoms with E-state index >= 15 is 0 Å². The number of quaternary nitrogens is 1. The summed E-state index contributed by atoms with van der Waals surface area (Å²) in [7, 11) is 6.16. The Bertz CT molecular complexity index is 1750. The van der Waals surface area contributed by atoms with Gasteiger partial charge >= 0.3 is 0 Å². The van der Waals surface area contributed by atoms with Gasteiger partial charge in [-0.25, -0.2) is 4.68 Å². The van der Waals surface area contributed by atoms with E-state index in [2.05, 4.69) is 57.1 Å². The molecule has 2 aromatic heterocycles. The normalized spacial score (nSPS) is 11.5. The van der Waals surface area contributed by atoms with Crippen LogP contribution in [0.5, 0.6) is 5.75 Å². The number of aliphatic hydroxyl groups excluding tert-OH is 1. The molecule has 0 unspecified atom stereocenters. The van der Waals surface area contributed by atoms with Crippen molar-refractivity contribution in [1.82, 2.24) is 30.4 Å². The van der Waals surface area contributed by atoms with Crippen LogP contribution in [0.15, 0.2) is 75.7 Å². The van der Waals surface area contributed by atoms with E-state index in [-0.39, 0.29) is 29.3 Å². The number of aromatic amines is 2. The zero-order valence-corrected chi connectivity index (χ0v) is 24.6. The van der Waals surface area contributed by atoms with Crippen LogP contribution in [-0.4, -0.2) is 79.4 Å². The standard InChI is InChI=1S/C25H22N8O2.C5H14NO/c1-14-10-11-19(12-15(14)2)33-25(35)22(16(3)30-33)27-26-21-9-5-8-20(23(21)34)17-6-4-7-18(13-17)24-28-31-32-29-24;1-6(2,3)4-5-7/h4-13,30,34H,1-3H3,(H,28,29,31,32);7H,4-5H2,1-3H3/q;+1. The third-order valence-corrected chi connectivity index (χ3v) is 6.61. The number of azo groups is 1. The predicted octanol–water partition coefficient (Wildman–Crippen LogP) is 4.74. The second kappa shape index (κ2) is 12.7. The molecule has 0 aliphatic rings. The van der Waals surface area contributed by atoms with Crippen molar-refractivity contribution in [2.75, 3.05) is 34.3 Å². The number of aromatic hydroxyl groups is 1. The summed E-state index contributed by atoms with van der Waals surface area (Å²) >= 11 is 0. The molecular formula is C30H36N9O3+. The lowest BCUT2D eigenvalue weighted by atomic mass is 10.0. The fraction of sp³-hybridized carbons (Fsp3) is 0.267. The molecule has 0 atom stereocenters. The van der Waals surface area contributed by atoms with Crippen molar-refractivity contribution in [3.05, 3.63) is 87.8 Å². The molecule has 42 heavy (non-hydrogen) atoms. The summed E-state index contributed by atoms with van der Waals surface area (Å²) in [5.74, 6) is 0.398. The predicted molar refractivity (Wildman–Crippen MR) is 161 cm³/mol. The monoisotopic (exact) mass is 570 g/mol.